The first kappa shape index (κ1) is 19.7. The van der Waals surface area contributed by atoms with E-state index in [1.807, 2.05) is 6.07 Å². The first-order valence-electron chi connectivity index (χ1n) is 8.99. The van der Waals surface area contributed by atoms with Gasteiger partial charge in [0, 0.05) is 18.1 Å². The van der Waals surface area contributed by atoms with Crippen molar-refractivity contribution >= 4 is 33.2 Å². The molecule has 27 heavy (non-hydrogen) atoms. The lowest BCUT2D eigenvalue weighted by atomic mass is 10.0. The monoisotopic (exact) mass is 406 g/mol. The fraction of sp³-hybridized carbons (Fsp3) is 0.350. The molecule has 0 bridgehead atoms. The summed E-state index contributed by atoms with van der Waals surface area (Å²) in [6, 6.07) is 14.7. The van der Waals surface area contributed by atoms with Gasteiger partial charge in [0.25, 0.3) is 10.0 Å². The van der Waals surface area contributed by atoms with Crippen molar-refractivity contribution in [3.8, 4) is 0 Å². The number of para-hydroxylation sites is 1. The third-order valence-electron chi connectivity index (χ3n) is 4.73. The number of amides is 1. The van der Waals surface area contributed by atoms with E-state index in [-0.39, 0.29) is 17.3 Å². The summed E-state index contributed by atoms with van der Waals surface area (Å²) < 4.78 is 27.7. The number of carbonyl (C=O) groups excluding carboxylic acids is 1. The molecule has 1 amide bonds. The fourth-order valence-corrected chi connectivity index (χ4v) is 4.82. The van der Waals surface area contributed by atoms with Crippen LogP contribution in [-0.4, -0.2) is 38.9 Å². The third kappa shape index (κ3) is 4.62. The molecule has 0 unspecified atom stereocenters. The highest BCUT2D eigenvalue weighted by Gasteiger charge is 2.30. The molecule has 1 aliphatic rings. The molecule has 0 aliphatic carbocycles. The van der Waals surface area contributed by atoms with Crippen LogP contribution in [0.2, 0.25) is 5.02 Å². The van der Waals surface area contributed by atoms with Crippen LogP contribution in [0, 0.1) is 5.92 Å². The second kappa shape index (κ2) is 8.31. The molecule has 5 nitrogen and oxygen atoms in total. The summed E-state index contributed by atoms with van der Waals surface area (Å²) in [5.41, 5.74) is 0.464. The largest absolute Gasteiger partial charge is 0.341 e. The summed E-state index contributed by atoms with van der Waals surface area (Å²) in [7, 11) is -3.89. The van der Waals surface area contributed by atoms with Gasteiger partial charge in [0.1, 0.15) is 6.54 Å². The van der Waals surface area contributed by atoms with E-state index in [0.29, 0.717) is 29.7 Å². The predicted molar refractivity (Wildman–Crippen MR) is 107 cm³/mol. The van der Waals surface area contributed by atoms with Gasteiger partial charge < -0.3 is 4.90 Å². The maximum Gasteiger partial charge on any atom is 0.264 e. The second-order valence-electron chi connectivity index (χ2n) is 6.89. The van der Waals surface area contributed by atoms with Crippen molar-refractivity contribution in [3.63, 3.8) is 0 Å². The Labute approximate surface area is 165 Å². The van der Waals surface area contributed by atoms with Gasteiger partial charge >= 0.3 is 0 Å². The lowest BCUT2D eigenvalue weighted by Gasteiger charge is -2.33. The number of piperidine rings is 1. The summed E-state index contributed by atoms with van der Waals surface area (Å²) in [6.07, 6.45) is 2.04. The maximum atomic E-state index is 13.2. The van der Waals surface area contributed by atoms with Crippen molar-refractivity contribution in [1.82, 2.24) is 4.90 Å². The molecular formula is C20H23ClN2O3S. The zero-order valence-electron chi connectivity index (χ0n) is 15.2. The summed E-state index contributed by atoms with van der Waals surface area (Å²) in [5.74, 6) is 0.253. The standard InChI is InChI=1S/C20H23ClN2O3S/c1-16-6-5-13-22(14-16)20(24)15-23(18-7-3-2-4-8-18)27(25,26)19-11-9-17(21)10-12-19/h2-4,7-12,16H,5-6,13-15H2,1H3/t16-/m1/s1. The Kier molecular flexibility index (Phi) is 6.07. The highest BCUT2D eigenvalue weighted by Crippen LogP contribution is 2.25. The molecule has 1 fully saturated rings. The Hall–Kier alpha value is -2.05. The van der Waals surface area contributed by atoms with Gasteiger partial charge in [-0.1, -0.05) is 36.7 Å². The van der Waals surface area contributed by atoms with E-state index < -0.39 is 10.0 Å². The summed E-state index contributed by atoms with van der Waals surface area (Å²) >= 11 is 5.89. The number of hydrogen-bond donors (Lipinski definition) is 0. The topological polar surface area (TPSA) is 57.7 Å². The minimum Gasteiger partial charge on any atom is -0.341 e. The van der Waals surface area contributed by atoms with Crippen LogP contribution in [0.4, 0.5) is 5.69 Å². The molecule has 0 N–H and O–H groups in total. The molecule has 2 aromatic carbocycles. The number of rotatable bonds is 5. The number of sulfonamides is 1. The molecule has 0 spiro atoms. The Morgan fingerprint density at radius 2 is 1.81 bits per heavy atom. The van der Waals surface area contributed by atoms with Gasteiger partial charge in [-0.3, -0.25) is 9.10 Å². The normalized spacial score (nSPS) is 17.6. The van der Waals surface area contributed by atoms with Crippen LogP contribution in [0.5, 0.6) is 0 Å². The van der Waals surface area contributed by atoms with Gasteiger partial charge in [0.15, 0.2) is 0 Å². The van der Waals surface area contributed by atoms with E-state index in [1.54, 1.807) is 29.2 Å². The van der Waals surface area contributed by atoms with E-state index in [4.69, 9.17) is 11.6 Å². The van der Waals surface area contributed by atoms with E-state index in [2.05, 4.69) is 6.92 Å². The second-order valence-corrected chi connectivity index (χ2v) is 9.19. The van der Waals surface area contributed by atoms with E-state index in [0.717, 1.165) is 12.8 Å². The maximum absolute atomic E-state index is 13.2. The Morgan fingerprint density at radius 3 is 2.44 bits per heavy atom. The Bertz CT molecular complexity index is 885. The van der Waals surface area contributed by atoms with Gasteiger partial charge in [-0.2, -0.15) is 0 Å². The number of likely N-dealkylation sites (tertiary alicyclic amines) is 1. The molecule has 0 aromatic heterocycles. The SMILES string of the molecule is C[C@@H]1CCCN(C(=O)CN(c2ccccc2)S(=O)(=O)c2ccc(Cl)cc2)C1. The molecule has 0 radical (unpaired) electrons. The van der Waals surface area contributed by atoms with E-state index in [1.165, 1.54) is 28.6 Å². The van der Waals surface area contributed by atoms with E-state index in [9.17, 15) is 13.2 Å². The van der Waals surface area contributed by atoms with Crippen LogP contribution < -0.4 is 4.31 Å². The number of anilines is 1. The van der Waals surface area contributed by atoms with Gasteiger partial charge in [0.2, 0.25) is 5.91 Å². The van der Waals surface area contributed by atoms with Crippen LogP contribution in [0.25, 0.3) is 0 Å². The highest BCUT2D eigenvalue weighted by molar-refractivity contribution is 7.92. The van der Waals surface area contributed by atoms with Crippen LogP contribution >= 0.6 is 11.6 Å². The third-order valence-corrected chi connectivity index (χ3v) is 6.77. The van der Waals surface area contributed by atoms with Crippen molar-refractivity contribution in [2.24, 2.45) is 5.92 Å². The van der Waals surface area contributed by atoms with Crippen molar-refractivity contribution in [1.29, 1.82) is 0 Å². The van der Waals surface area contributed by atoms with Crippen molar-refractivity contribution in [3.05, 3.63) is 59.6 Å². The first-order chi connectivity index (χ1) is 12.9. The lowest BCUT2D eigenvalue weighted by molar-refractivity contribution is -0.131. The predicted octanol–water partition coefficient (Wildman–Crippen LogP) is 3.79. The molecule has 1 atom stereocenters. The molecule has 3 rings (SSSR count). The quantitative estimate of drug-likeness (QED) is 0.758. The molecule has 2 aromatic rings. The van der Waals surface area contributed by atoms with Crippen LogP contribution in [0.15, 0.2) is 59.5 Å². The number of benzene rings is 2. The van der Waals surface area contributed by atoms with Gasteiger partial charge in [-0.25, -0.2) is 8.42 Å². The first-order valence-corrected chi connectivity index (χ1v) is 10.8. The van der Waals surface area contributed by atoms with Crippen molar-refractivity contribution in [2.75, 3.05) is 23.9 Å². The molecule has 7 heteroatoms. The zero-order chi connectivity index (χ0) is 19.4. The van der Waals surface area contributed by atoms with Crippen LogP contribution in [0.1, 0.15) is 19.8 Å². The van der Waals surface area contributed by atoms with Crippen LogP contribution in [0.3, 0.4) is 0 Å². The van der Waals surface area contributed by atoms with Gasteiger partial charge in [-0.05, 0) is 55.2 Å². The van der Waals surface area contributed by atoms with Crippen LogP contribution in [-0.2, 0) is 14.8 Å². The van der Waals surface area contributed by atoms with Gasteiger partial charge in [0.05, 0.1) is 10.6 Å². The summed E-state index contributed by atoms with van der Waals surface area (Å²) in [6.45, 7) is 3.23. The van der Waals surface area contributed by atoms with Gasteiger partial charge in [-0.15, -0.1) is 0 Å². The Balaban J connectivity index is 1.92. The number of carbonyl (C=O) groups is 1. The smallest absolute Gasteiger partial charge is 0.264 e. The lowest BCUT2D eigenvalue weighted by Crippen LogP contribution is -2.46. The number of hydrogen-bond acceptors (Lipinski definition) is 3. The number of halogens is 1. The molecule has 0 saturated carbocycles. The fourth-order valence-electron chi connectivity index (χ4n) is 3.28. The summed E-state index contributed by atoms with van der Waals surface area (Å²) in [4.78, 5) is 14.7. The molecule has 144 valence electrons. The Morgan fingerprint density at radius 1 is 1.15 bits per heavy atom. The molecule has 1 heterocycles. The minimum atomic E-state index is -3.89. The summed E-state index contributed by atoms with van der Waals surface area (Å²) in [5, 5.41) is 0.457. The number of nitrogens with zero attached hydrogens (tertiary/aromatic N) is 2. The molecular weight excluding hydrogens is 384 g/mol. The van der Waals surface area contributed by atoms with Crippen molar-refractivity contribution in [2.45, 2.75) is 24.7 Å². The van der Waals surface area contributed by atoms with E-state index >= 15 is 0 Å². The highest BCUT2D eigenvalue weighted by atomic mass is 35.5. The molecule has 1 aliphatic heterocycles. The van der Waals surface area contributed by atoms with Crippen molar-refractivity contribution < 1.29 is 13.2 Å². The zero-order valence-corrected chi connectivity index (χ0v) is 16.8. The minimum absolute atomic E-state index is 0.107. The molecule has 1 saturated heterocycles. The average molecular weight is 407 g/mol. The average Bonchev–Trinajstić information content (AvgIpc) is 2.67.